The number of pyridine rings is 1. The van der Waals surface area contributed by atoms with Crippen LogP contribution in [-0.4, -0.2) is 33.4 Å². The van der Waals surface area contributed by atoms with Crippen LogP contribution >= 0.6 is 11.3 Å². The Morgan fingerprint density at radius 1 is 1.12 bits per heavy atom. The summed E-state index contributed by atoms with van der Waals surface area (Å²) in [5, 5.41) is 1.17. The third-order valence-electron chi connectivity index (χ3n) is 4.71. The highest BCUT2D eigenvalue weighted by Gasteiger charge is 2.26. The zero-order chi connectivity index (χ0) is 17.2. The van der Waals surface area contributed by atoms with E-state index in [1.54, 1.807) is 29.7 Å². The first-order valence-electron chi connectivity index (χ1n) is 8.49. The number of amides is 1. The van der Waals surface area contributed by atoms with Gasteiger partial charge in [0, 0.05) is 31.3 Å². The molecule has 6 heteroatoms. The highest BCUT2D eigenvalue weighted by molar-refractivity contribution is 7.18. The van der Waals surface area contributed by atoms with Crippen LogP contribution in [0.15, 0.2) is 53.5 Å². The molecule has 128 valence electrons. The average molecular weight is 353 g/mol. The van der Waals surface area contributed by atoms with Gasteiger partial charge in [-0.25, -0.2) is 4.98 Å². The molecule has 0 unspecified atom stereocenters. The van der Waals surface area contributed by atoms with Gasteiger partial charge in [-0.3, -0.25) is 9.59 Å². The second kappa shape index (κ2) is 6.80. The number of para-hydroxylation sites is 1. The van der Waals surface area contributed by atoms with Crippen molar-refractivity contribution < 1.29 is 4.79 Å². The number of rotatable bonds is 3. The molecule has 5 nitrogen and oxygen atoms in total. The van der Waals surface area contributed by atoms with Crippen LogP contribution in [0.4, 0.5) is 0 Å². The van der Waals surface area contributed by atoms with Gasteiger partial charge in [-0.2, -0.15) is 0 Å². The van der Waals surface area contributed by atoms with Crippen molar-refractivity contribution in [3.05, 3.63) is 64.0 Å². The molecule has 0 spiro atoms. The fourth-order valence-corrected chi connectivity index (χ4v) is 4.41. The molecule has 1 fully saturated rings. The van der Waals surface area contributed by atoms with Crippen molar-refractivity contribution in [3.8, 4) is 0 Å². The molecule has 0 atom stereocenters. The minimum Gasteiger partial charge on any atom is -0.341 e. The number of carbonyl (C=O) groups excluding carboxylic acids is 1. The molecule has 1 aromatic carbocycles. The van der Waals surface area contributed by atoms with Crippen LogP contribution < -0.4 is 5.56 Å². The molecule has 1 saturated heterocycles. The number of likely N-dealkylation sites (tertiary alicyclic amines) is 1. The molecule has 0 aliphatic carbocycles. The molecule has 0 radical (unpaired) electrons. The van der Waals surface area contributed by atoms with E-state index in [-0.39, 0.29) is 18.0 Å². The molecule has 1 amide bonds. The Hall–Kier alpha value is -2.47. The van der Waals surface area contributed by atoms with Crippen LogP contribution in [0.3, 0.4) is 0 Å². The van der Waals surface area contributed by atoms with E-state index in [1.807, 2.05) is 23.1 Å². The van der Waals surface area contributed by atoms with Crippen molar-refractivity contribution in [1.29, 1.82) is 0 Å². The number of thiazole rings is 1. The zero-order valence-corrected chi connectivity index (χ0v) is 14.6. The van der Waals surface area contributed by atoms with E-state index in [9.17, 15) is 9.59 Å². The second-order valence-corrected chi connectivity index (χ2v) is 7.40. The molecule has 3 aromatic rings. The lowest BCUT2D eigenvalue weighted by Crippen LogP contribution is -2.41. The SMILES string of the molecule is O=C(Cn1ccccc1=O)N1CCC(c2nc3ccccc3s2)CC1. The summed E-state index contributed by atoms with van der Waals surface area (Å²) in [5.74, 6) is 0.428. The number of hydrogen-bond donors (Lipinski definition) is 0. The molecule has 0 saturated carbocycles. The number of fused-ring (bicyclic) bond motifs is 1. The van der Waals surface area contributed by atoms with E-state index in [1.165, 1.54) is 20.3 Å². The molecule has 4 rings (SSSR count). The fourth-order valence-electron chi connectivity index (χ4n) is 3.28. The Balaban J connectivity index is 1.40. The number of hydrogen-bond acceptors (Lipinski definition) is 4. The van der Waals surface area contributed by atoms with Crippen LogP contribution in [0, 0.1) is 0 Å². The predicted octanol–water partition coefficient (Wildman–Crippen LogP) is 2.86. The van der Waals surface area contributed by atoms with Crippen molar-refractivity contribution >= 4 is 27.5 Å². The number of piperidine rings is 1. The van der Waals surface area contributed by atoms with E-state index in [0.717, 1.165) is 31.4 Å². The summed E-state index contributed by atoms with van der Waals surface area (Å²) in [5.41, 5.74) is 0.921. The Morgan fingerprint density at radius 3 is 2.64 bits per heavy atom. The van der Waals surface area contributed by atoms with Crippen molar-refractivity contribution in [2.45, 2.75) is 25.3 Å². The highest BCUT2D eigenvalue weighted by Crippen LogP contribution is 2.33. The monoisotopic (exact) mass is 353 g/mol. The summed E-state index contributed by atoms with van der Waals surface area (Å²) in [6.45, 7) is 1.56. The summed E-state index contributed by atoms with van der Waals surface area (Å²) >= 11 is 1.76. The lowest BCUT2D eigenvalue weighted by molar-refractivity contribution is -0.132. The van der Waals surface area contributed by atoms with Crippen LogP contribution in [-0.2, 0) is 11.3 Å². The van der Waals surface area contributed by atoms with Gasteiger partial charge in [-0.1, -0.05) is 18.2 Å². The van der Waals surface area contributed by atoms with Crippen molar-refractivity contribution in [2.75, 3.05) is 13.1 Å². The van der Waals surface area contributed by atoms with Gasteiger partial charge in [0.25, 0.3) is 5.56 Å². The lowest BCUT2D eigenvalue weighted by Gasteiger charge is -2.31. The standard InChI is InChI=1S/C19H19N3O2S/c23-17-7-3-4-10-22(17)13-18(24)21-11-8-14(9-12-21)19-20-15-5-1-2-6-16(15)25-19/h1-7,10,14H,8-9,11-13H2. The predicted molar refractivity (Wildman–Crippen MR) is 98.9 cm³/mol. The summed E-state index contributed by atoms with van der Waals surface area (Å²) in [7, 11) is 0. The molecule has 25 heavy (non-hydrogen) atoms. The summed E-state index contributed by atoms with van der Waals surface area (Å²) in [4.78, 5) is 30.8. The average Bonchev–Trinajstić information content (AvgIpc) is 3.08. The minimum absolute atomic E-state index is 0.0102. The molecule has 1 aliphatic rings. The minimum atomic E-state index is -0.139. The summed E-state index contributed by atoms with van der Waals surface area (Å²) in [6.07, 6.45) is 3.51. The van der Waals surface area contributed by atoms with Crippen molar-refractivity contribution in [2.24, 2.45) is 0 Å². The zero-order valence-electron chi connectivity index (χ0n) is 13.8. The van der Waals surface area contributed by atoms with E-state index >= 15 is 0 Å². The number of benzene rings is 1. The van der Waals surface area contributed by atoms with Gasteiger partial charge in [-0.15, -0.1) is 11.3 Å². The first-order valence-corrected chi connectivity index (χ1v) is 9.31. The molecule has 3 heterocycles. The van der Waals surface area contributed by atoms with Crippen molar-refractivity contribution in [1.82, 2.24) is 14.5 Å². The first-order chi connectivity index (χ1) is 12.2. The Labute approximate surface area is 149 Å². The third kappa shape index (κ3) is 3.35. The second-order valence-electron chi connectivity index (χ2n) is 6.34. The molecule has 1 aliphatic heterocycles. The van der Waals surface area contributed by atoms with Gasteiger partial charge >= 0.3 is 0 Å². The van der Waals surface area contributed by atoms with Gasteiger partial charge in [0.05, 0.1) is 15.2 Å². The lowest BCUT2D eigenvalue weighted by atomic mass is 9.97. The third-order valence-corrected chi connectivity index (χ3v) is 5.91. The van der Waals surface area contributed by atoms with Gasteiger partial charge in [-0.05, 0) is 31.0 Å². The Kier molecular flexibility index (Phi) is 4.36. The highest BCUT2D eigenvalue weighted by atomic mass is 32.1. The van der Waals surface area contributed by atoms with Gasteiger partial charge in [0.1, 0.15) is 6.54 Å². The van der Waals surface area contributed by atoms with Crippen LogP contribution in [0.1, 0.15) is 23.8 Å². The number of aromatic nitrogens is 2. The Morgan fingerprint density at radius 2 is 1.88 bits per heavy atom. The normalized spacial score (nSPS) is 15.6. The number of carbonyl (C=O) groups is 1. The molecular formula is C19H19N3O2S. The van der Waals surface area contributed by atoms with Crippen LogP contribution in [0.25, 0.3) is 10.2 Å². The maximum Gasteiger partial charge on any atom is 0.250 e. The van der Waals surface area contributed by atoms with Crippen LogP contribution in [0.5, 0.6) is 0 Å². The molecule has 2 aromatic heterocycles. The van der Waals surface area contributed by atoms with Gasteiger partial charge in [0.15, 0.2) is 0 Å². The smallest absolute Gasteiger partial charge is 0.250 e. The van der Waals surface area contributed by atoms with Crippen molar-refractivity contribution in [3.63, 3.8) is 0 Å². The Bertz CT molecular complexity index is 921. The maximum absolute atomic E-state index is 12.5. The fraction of sp³-hybridized carbons (Fsp3) is 0.316. The van der Waals surface area contributed by atoms with Gasteiger partial charge in [0.2, 0.25) is 5.91 Å². The largest absolute Gasteiger partial charge is 0.341 e. The number of nitrogens with zero attached hydrogens (tertiary/aromatic N) is 3. The topological polar surface area (TPSA) is 55.2 Å². The van der Waals surface area contributed by atoms with E-state index in [4.69, 9.17) is 4.98 Å². The maximum atomic E-state index is 12.5. The van der Waals surface area contributed by atoms with Gasteiger partial charge < -0.3 is 9.47 Å². The van der Waals surface area contributed by atoms with Crippen LogP contribution in [0.2, 0.25) is 0 Å². The molecule has 0 N–H and O–H groups in total. The quantitative estimate of drug-likeness (QED) is 0.727. The summed E-state index contributed by atoms with van der Waals surface area (Å²) in [6, 6.07) is 13.1. The summed E-state index contributed by atoms with van der Waals surface area (Å²) < 4.78 is 2.68. The molecular weight excluding hydrogens is 334 g/mol. The van der Waals surface area contributed by atoms with E-state index in [0.29, 0.717) is 5.92 Å². The molecule has 0 bridgehead atoms. The van der Waals surface area contributed by atoms with E-state index in [2.05, 4.69) is 6.07 Å². The van der Waals surface area contributed by atoms with E-state index < -0.39 is 0 Å². The first kappa shape index (κ1) is 16.0.